The standard InChI is InChI=1S/C12H15N3O4S/c1-3-12(2,20)7-5-4-6(10(13)16)8(11(14)17)9(7)15(18)19/h4-5,20H,3H2,1-2H3,(H2,13,16)(H2,14,17). The molecule has 1 unspecified atom stereocenters. The molecule has 0 spiro atoms. The summed E-state index contributed by atoms with van der Waals surface area (Å²) in [6, 6.07) is 2.63. The van der Waals surface area contributed by atoms with Crippen molar-refractivity contribution < 1.29 is 14.5 Å². The molecule has 0 aliphatic rings. The Balaban J connectivity index is 3.84. The highest BCUT2D eigenvalue weighted by Crippen LogP contribution is 2.40. The van der Waals surface area contributed by atoms with Crippen molar-refractivity contribution in [3.8, 4) is 0 Å². The number of nitro benzene ring substituents is 1. The molecule has 0 aliphatic carbocycles. The number of amides is 2. The molecule has 0 radical (unpaired) electrons. The molecule has 8 heteroatoms. The van der Waals surface area contributed by atoms with E-state index >= 15 is 0 Å². The molecule has 4 N–H and O–H groups in total. The molecule has 7 nitrogen and oxygen atoms in total. The molecule has 0 saturated carbocycles. The van der Waals surface area contributed by atoms with E-state index in [1.165, 1.54) is 12.1 Å². The number of nitrogens with zero attached hydrogens (tertiary/aromatic N) is 1. The van der Waals surface area contributed by atoms with E-state index in [4.69, 9.17) is 11.5 Å². The Bertz CT molecular complexity index is 599. The number of primary amides is 2. The minimum atomic E-state index is -1.08. The minimum absolute atomic E-state index is 0.215. The first kappa shape index (κ1) is 16.0. The maximum Gasteiger partial charge on any atom is 0.287 e. The smallest absolute Gasteiger partial charge is 0.287 e. The van der Waals surface area contributed by atoms with Crippen molar-refractivity contribution in [2.45, 2.75) is 25.0 Å². The molecule has 1 atom stereocenters. The first-order valence-corrected chi connectivity index (χ1v) is 6.22. The molecule has 0 heterocycles. The van der Waals surface area contributed by atoms with Gasteiger partial charge < -0.3 is 11.5 Å². The predicted molar refractivity (Wildman–Crippen MR) is 76.8 cm³/mol. The molecular formula is C12H15N3O4S. The van der Waals surface area contributed by atoms with Crippen molar-refractivity contribution in [3.63, 3.8) is 0 Å². The predicted octanol–water partition coefficient (Wildman–Crippen LogP) is 1.35. The minimum Gasteiger partial charge on any atom is -0.366 e. The van der Waals surface area contributed by atoms with Gasteiger partial charge in [-0.3, -0.25) is 19.7 Å². The molecule has 0 aliphatic heterocycles. The number of hydrogen-bond donors (Lipinski definition) is 3. The monoisotopic (exact) mass is 297 g/mol. The molecule has 1 aromatic rings. The Morgan fingerprint density at radius 1 is 1.35 bits per heavy atom. The average molecular weight is 297 g/mol. The SMILES string of the molecule is CCC(C)(S)c1ccc(C(N)=O)c(C(N)=O)c1[N+](=O)[O-]. The zero-order valence-electron chi connectivity index (χ0n) is 11.0. The fourth-order valence-corrected chi connectivity index (χ4v) is 2.04. The highest BCUT2D eigenvalue weighted by Gasteiger charge is 2.35. The third-order valence-corrected chi connectivity index (χ3v) is 3.70. The molecule has 20 heavy (non-hydrogen) atoms. The van der Waals surface area contributed by atoms with Crippen LogP contribution in [0, 0.1) is 10.1 Å². The molecule has 108 valence electrons. The van der Waals surface area contributed by atoms with Crippen LogP contribution in [-0.2, 0) is 4.75 Å². The molecule has 0 aromatic heterocycles. The Kier molecular flexibility index (Phi) is 4.39. The number of nitrogens with two attached hydrogens (primary N) is 2. The van der Waals surface area contributed by atoms with E-state index < -0.39 is 32.7 Å². The van der Waals surface area contributed by atoms with E-state index in [-0.39, 0.29) is 11.1 Å². The van der Waals surface area contributed by atoms with Crippen LogP contribution >= 0.6 is 12.6 Å². The zero-order valence-corrected chi connectivity index (χ0v) is 11.9. The normalized spacial score (nSPS) is 13.6. The van der Waals surface area contributed by atoms with Crippen LogP contribution in [0.2, 0.25) is 0 Å². The molecule has 0 fully saturated rings. The lowest BCUT2D eigenvalue weighted by Gasteiger charge is -2.23. The summed E-state index contributed by atoms with van der Waals surface area (Å²) in [5.74, 6) is -2.03. The Morgan fingerprint density at radius 2 is 1.90 bits per heavy atom. The fourth-order valence-electron chi connectivity index (χ4n) is 1.86. The highest BCUT2D eigenvalue weighted by molar-refractivity contribution is 7.81. The van der Waals surface area contributed by atoms with Gasteiger partial charge in [-0.2, -0.15) is 12.6 Å². The number of hydrogen-bond acceptors (Lipinski definition) is 5. The average Bonchev–Trinajstić information content (AvgIpc) is 2.36. The number of rotatable bonds is 5. The van der Waals surface area contributed by atoms with Crippen LogP contribution in [0.25, 0.3) is 0 Å². The van der Waals surface area contributed by atoms with Crippen molar-refractivity contribution >= 4 is 30.1 Å². The molecular weight excluding hydrogens is 282 g/mol. The quantitative estimate of drug-likeness (QED) is 0.430. The van der Waals surface area contributed by atoms with Gasteiger partial charge in [0.25, 0.3) is 11.6 Å². The second-order valence-electron chi connectivity index (χ2n) is 4.50. The van der Waals surface area contributed by atoms with E-state index in [0.29, 0.717) is 6.42 Å². The molecule has 0 bridgehead atoms. The van der Waals surface area contributed by atoms with Crippen molar-refractivity contribution in [1.29, 1.82) is 0 Å². The summed E-state index contributed by atoms with van der Waals surface area (Å²) in [5.41, 5.74) is 9.24. The Morgan fingerprint density at radius 3 is 2.25 bits per heavy atom. The van der Waals surface area contributed by atoms with Crippen molar-refractivity contribution in [2.24, 2.45) is 11.5 Å². The number of carbonyl (C=O) groups excluding carboxylic acids is 2. The largest absolute Gasteiger partial charge is 0.366 e. The van der Waals surface area contributed by atoms with E-state index in [0.717, 1.165) is 0 Å². The van der Waals surface area contributed by atoms with Gasteiger partial charge in [-0.25, -0.2) is 0 Å². The lowest BCUT2D eigenvalue weighted by Crippen LogP contribution is -2.25. The molecule has 1 rings (SSSR count). The Labute approximate surface area is 120 Å². The summed E-state index contributed by atoms with van der Waals surface area (Å²) in [4.78, 5) is 33.4. The van der Waals surface area contributed by atoms with Gasteiger partial charge in [-0.15, -0.1) is 0 Å². The van der Waals surface area contributed by atoms with Crippen LogP contribution in [0.3, 0.4) is 0 Å². The summed E-state index contributed by atoms with van der Waals surface area (Å²) < 4.78 is -0.844. The summed E-state index contributed by atoms with van der Waals surface area (Å²) >= 11 is 4.37. The van der Waals surface area contributed by atoms with E-state index in [1.54, 1.807) is 13.8 Å². The second kappa shape index (κ2) is 5.49. The van der Waals surface area contributed by atoms with Crippen LogP contribution in [0.15, 0.2) is 12.1 Å². The van der Waals surface area contributed by atoms with Crippen molar-refractivity contribution in [3.05, 3.63) is 38.9 Å². The number of carbonyl (C=O) groups is 2. The van der Waals surface area contributed by atoms with Gasteiger partial charge in [-0.1, -0.05) is 6.92 Å². The number of nitro groups is 1. The van der Waals surface area contributed by atoms with Crippen LogP contribution in [0.4, 0.5) is 5.69 Å². The van der Waals surface area contributed by atoms with Crippen LogP contribution in [0.5, 0.6) is 0 Å². The number of benzene rings is 1. The van der Waals surface area contributed by atoms with E-state index in [1.807, 2.05) is 0 Å². The van der Waals surface area contributed by atoms with Crippen molar-refractivity contribution in [2.75, 3.05) is 0 Å². The third-order valence-electron chi connectivity index (χ3n) is 3.14. The van der Waals surface area contributed by atoms with Crippen LogP contribution < -0.4 is 11.5 Å². The summed E-state index contributed by atoms with van der Waals surface area (Å²) in [6.07, 6.45) is 0.477. The zero-order chi connectivity index (χ0) is 15.7. The van der Waals surface area contributed by atoms with Gasteiger partial charge in [0.2, 0.25) is 5.91 Å². The lowest BCUT2D eigenvalue weighted by atomic mass is 9.90. The van der Waals surface area contributed by atoms with Crippen LogP contribution in [-0.4, -0.2) is 16.7 Å². The molecule has 0 saturated heterocycles. The topological polar surface area (TPSA) is 129 Å². The van der Waals surface area contributed by atoms with E-state index in [2.05, 4.69) is 12.6 Å². The fraction of sp³-hybridized carbons (Fsp3) is 0.333. The van der Waals surface area contributed by atoms with Gasteiger partial charge in [0.05, 0.1) is 10.5 Å². The van der Waals surface area contributed by atoms with E-state index in [9.17, 15) is 19.7 Å². The molecule has 2 amide bonds. The third kappa shape index (κ3) is 2.74. The second-order valence-corrected chi connectivity index (χ2v) is 5.48. The summed E-state index contributed by atoms with van der Waals surface area (Å²) in [5, 5.41) is 11.3. The van der Waals surface area contributed by atoms with Crippen LogP contribution in [0.1, 0.15) is 46.5 Å². The van der Waals surface area contributed by atoms with Gasteiger partial charge in [0.1, 0.15) is 5.56 Å². The van der Waals surface area contributed by atoms with Gasteiger partial charge >= 0.3 is 0 Å². The Hall–Kier alpha value is -2.09. The van der Waals surface area contributed by atoms with Gasteiger partial charge in [0.15, 0.2) is 0 Å². The first-order chi connectivity index (χ1) is 9.13. The lowest BCUT2D eigenvalue weighted by molar-refractivity contribution is -0.386. The summed E-state index contributed by atoms with van der Waals surface area (Å²) in [7, 11) is 0. The maximum atomic E-state index is 11.5. The van der Waals surface area contributed by atoms with Gasteiger partial charge in [0, 0.05) is 10.3 Å². The molecule has 1 aromatic carbocycles. The number of thiol groups is 1. The summed E-state index contributed by atoms with van der Waals surface area (Å²) in [6.45, 7) is 3.47. The maximum absolute atomic E-state index is 11.5. The highest BCUT2D eigenvalue weighted by atomic mass is 32.1. The first-order valence-electron chi connectivity index (χ1n) is 5.77. The van der Waals surface area contributed by atoms with Crippen molar-refractivity contribution in [1.82, 2.24) is 0 Å². The van der Waals surface area contributed by atoms with Gasteiger partial charge in [-0.05, 0) is 25.5 Å².